The molecule has 0 amide bonds. The van der Waals surface area contributed by atoms with Crippen LogP contribution in [0.3, 0.4) is 0 Å². The van der Waals surface area contributed by atoms with E-state index in [0.717, 1.165) is 19.4 Å². The van der Waals surface area contributed by atoms with Crippen LogP contribution in [0.2, 0.25) is 0 Å². The monoisotopic (exact) mass is 281 g/mol. The van der Waals surface area contributed by atoms with Crippen LogP contribution < -0.4 is 5.73 Å². The first kappa shape index (κ1) is 14.7. The van der Waals surface area contributed by atoms with E-state index in [1.165, 1.54) is 6.07 Å². The molecule has 6 heteroatoms. The normalized spacial score (nSPS) is 15.8. The van der Waals surface area contributed by atoms with E-state index < -0.39 is 0 Å². The van der Waals surface area contributed by atoms with Gasteiger partial charge in [0.1, 0.15) is 5.82 Å². The van der Waals surface area contributed by atoms with Crippen molar-refractivity contribution >= 4 is 5.84 Å². The Morgan fingerprint density at radius 3 is 2.85 bits per heavy atom. The first-order valence-corrected chi connectivity index (χ1v) is 6.65. The predicted octanol–water partition coefficient (Wildman–Crippen LogP) is 1.53. The van der Waals surface area contributed by atoms with E-state index in [1.54, 1.807) is 19.2 Å². The van der Waals surface area contributed by atoms with Crippen LogP contribution >= 0.6 is 0 Å². The fourth-order valence-electron chi connectivity index (χ4n) is 2.15. The molecule has 0 aromatic heterocycles. The molecule has 20 heavy (non-hydrogen) atoms. The second-order valence-electron chi connectivity index (χ2n) is 4.99. The van der Waals surface area contributed by atoms with Crippen LogP contribution in [-0.2, 0) is 11.3 Å². The Balaban J connectivity index is 2.07. The van der Waals surface area contributed by atoms with E-state index in [4.69, 9.17) is 15.7 Å². The molecule has 0 radical (unpaired) electrons. The number of oxime groups is 1. The lowest BCUT2D eigenvalue weighted by molar-refractivity contribution is 0.139. The van der Waals surface area contributed by atoms with E-state index in [-0.39, 0.29) is 11.7 Å². The maximum Gasteiger partial charge on any atom is 0.170 e. The highest BCUT2D eigenvalue weighted by Gasteiger charge is 2.29. The summed E-state index contributed by atoms with van der Waals surface area (Å²) in [5.41, 5.74) is 6.44. The van der Waals surface area contributed by atoms with Crippen LogP contribution in [0.15, 0.2) is 23.4 Å². The summed E-state index contributed by atoms with van der Waals surface area (Å²) in [7, 11) is 1.66. The highest BCUT2D eigenvalue weighted by atomic mass is 19.1. The van der Waals surface area contributed by atoms with E-state index >= 15 is 0 Å². The summed E-state index contributed by atoms with van der Waals surface area (Å²) in [6.07, 6.45) is 2.32. The molecule has 0 saturated heterocycles. The summed E-state index contributed by atoms with van der Waals surface area (Å²) in [4.78, 5) is 2.23. The SMILES string of the molecule is COCCN(Cc1ccc(C(N)=NO)cc1F)C1CC1. The number of benzene rings is 1. The summed E-state index contributed by atoms with van der Waals surface area (Å²) < 4.78 is 19.2. The number of rotatable bonds is 7. The molecular weight excluding hydrogens is 261 g/mol. The Bertz CT molecular complexity index is 489. The van der Waals surface area contributed by atoms with Crippen molar-refractivity contribution in [3.05, 3.63) is 35.1 Å². The minimum atomic E-state index is -0.336. The van der Waals surface area contributed by atoms with Gasteiger partial charge in [-0.2, -0.15) is 0 Å². The molecule has 1 aliphatic carbocycles. The van der Waals surface area contributed by atoms with Gasteiger partial charge in [-0.3, -0.25) is 4.90 Å². The van der Waals surface area contributed by atoms with Gasteiger partial charge in [-0.15, -0.1) is 0 Å². The van der Waals surface area contributed by atoms with Gasteiger partial charge in [0.2, 0.25) is 0 Å². The second-order valence-corrected chi connectivity index (χ2v) is 4.99. The minimum Gasteiger partial charge on any atom is -0.409 e. The van der Waals surface area contributed by atoms with Gasteiger partial charge >= 0.3 is 0 Å². The summed E-state index contributed by atoms with van der Waals surface area (Å²) in [6, 6.07) is 5.18. The van der Waals surface area contributed by atoms with Gasteiger partial charge < -0.3 is 15.7 Å². The number of halogens is 1. The highest BCUT2D eigenvalue weighted by molar-refractivity contribution is 5.97. The summed E-state index contributed by atoms with van der Waals surface area (Å²) in [5, 5.41) is 11.5. The molecule has 0 aliphatic heterocycles. The van der Waals surface area contributed by atoms with Crippen LogP contribution in [0.5, 0.6) is 0 Å². The Labute approximate surface area is 117 Å². The van der Waals surface area contributed by atoms with E-state index in [0.29, 0.717) is 30.3 Å². The van der Waals surface area contributed by atoms with Crippen molar-refractivity contribution in [2.24, 2.45) is 10.9 Å². The lowest BCUT2D eigenvalue weighted by atomic mass is 10.1. The zero-order valence-corrected chi connectivity index (χ0v) is 11.6. The van der Waals surface area contributed by atoms with Gasteiger partial charge in [-0.25, -0.2) is 4.39 Å². The molecule has 0 atom stereocenters. The molecule has 1 aromatic carbocycles. The maximum absolute atomic E-state index is 14.1. The van der Waals surface area contributed by atoms with Crippen LogP contribution in [0.4, 0.5) is 4.39 Å². The Morgan fingerprint density at radius 1 is 1.55 bits per heavy atom. The van der Waals surface area contributed by atoms with Crippen LogP contribution in [0.1, 0.15) is 24.0 Å². The number of ether oxygens (including phenoxy) is 1. The maximum atomic E-state index is 14.1. The van der Waals surface area contributed by atoms with Crippen molar-refractivity contribution in [1.82, 2.24) is 4.90 Å². The molecule has 1 fully saturated rings. The minimum absolute atomic E-state index is 0.0890. The topological polar surface area (TPSA) is 71.1 Å². The zero-order valence-electron chi connectivity index (χ0n) is 11.6. The fraction of sp³-hybridized carbons (Fsp3) is 0.500. The molecule has 1 aliphatic rings. The smallest absolute Gasteiger partial charge is 0.170 e. The van der Waals surface area contributed by atoms with Gasteiger partial charge in [-0.05, 0) is 18.9 Å². The van der Waals surface area contributed by atoms with Gasteiger partial charge in [-0.1, -0.05) is 17.3 Å². The Morgan fingerprint density at radius 2 is 2.30 bits per heavy atom. The number of hydrogen-bond donors (Lipinski definition) is 2. The van der Waals surface area contributed by atoms with Crippen molar-refractivity contribution in [1.29, 1.82) is 0 Å². The van der Waals surface area contributed by atoms with Crippen LogP contribution in [0, 0.1) is 5.82 Å². The molecular formula is C14H20FN3O2. The summed E-state index contributed by atoms with van der Waals surface area (Å²) >= 11 is 0. The molecule has 0 spiro atoms. The number of amidine groups is 1. The number of methoxy groups -OCH3 is 1. The number of nitrogens with zero attached hydrogens (tertiary/aromatic N) is 2. The summed E-state index contributed by atoms with van der Waals surface area (Å²) in [5.74, 6) is -0.425. The fourth-order valence-corrected chi connectivity index (χ4v) is 2.15. The summed E-state index contributed by atoms with van der Waals surface area (Å²) in [6.45, 7) is 1.99. The first-order valence-electron chi connectivity index (χ1n) is 6.65. The molecule has 110 valence electrons. The second kappa shape index (κ2) is 6.67. The van der Waals surface area contributed by atoms with Gasteiger partial charge in [0.15, 0.2) is 5.84 Å². The molecule has 0 heterocycles. The van der Waals surface area contributed by atoms with Crippen molar-refractivity contribution in [3.8, 4) is 0 Å². The Kier molecular flexibility index (Phi) is 4.92. The molecule has 1 saturated carbocycles. The average Bonchev–Trinajstić information content (AvgIpc) is 3.28. The molecule has 0 unspecified atom stereocenters. The van der Waals surface area contributed by atoms with E-state index in [2.05, 4.69) is 10.1 Å². The van der Waals surface area contributed by atoms with E-state index in [9.17, 15) is 4.39 Å². The molecule has 1 aromatic rings. The molecule has 3 N–H and O–H groups in total. The van der Waals surface area contributed by atoms with Gasteiger partial charge in [0.05, 0.1) is 6.61 Å². The molecule has 0 bridgehead atoms. The standard InChI is InChI=1S/C14H20FN3O2/c1-20-7-6-18(12-4-5-12)9-11-3-2-10(8-13(11)15)14(16)17-19/h2-3,8,12,19H,4-7,9H2,1H3,(H2,16,17). The third kappa shape index (κ3) is 3.68. The zero-order chi connectivity index (χ0) is 14.5. The van der Waals surface area contributed by atoms with Gasteiger partial charge in [0.25, 0.3) is 0 Å². The first-order chi connectivity index (χ1) is 9.65. The largest absolute Gasteiger partial charge is 0.409 e. The predicted molar refractivity (Wildman–Crippen MR) is 74.2 cm³/mol. The van der Waals surface area contributed by atoms with Crippen molar-refractivity contribution in [3.63, 3.8) is 0 Å². The quantitative estimate of drug-likeness (QED) is 0.344. The van der Waals surface area contributed by atoms with Crippen molar-refractivity contribution in [2.45, 2.75) is 25.4 Å². The molecule has 5 nitrogen and oxygen atoms in total. The molecule has 2 rings (SSSR count). The average molecular weight is 281 g/mol. The highest BCUT2D eigenvalue weighted by Crippen LogP contribution is 2.28. The number of nitrogens with two attached hydrogens (primary N) is 1. The lowest BCUT2D eigenvalue weighted by Crippen LogP contribution is -2.29. The third-order valence-corrected chi connectivity index (χ3v) is 3.48. The van der Waals surface area contributed by atoms with Crippen molar-refractivity contribution < 1.29 is 14.3 Å². The van der Waals surface area contributed by atoms with E-state index in [1.807, 2.05) is 0 Å². The lowest BCUT2D eigenvalue weighted by Gasteiger charge is -2.22. The number of hydrogen-bond acceptors (Lipinski definition) is 4. The van der Waals surface area contributed by atoms with Crippen molar-refractivity contribution in [2.75, 3.05) is 20.3 Å². The van der Waals surface area contributed by atoms with Gasteiger partial charge in [0, 0.05) is 37.4 Å². The van der Waals surface area contributed by atoms with Crippen LogP contribution in [-0.4, -0.2) is 42.2 Å². The Hall–Kier alpha value is -1.66. The van der Waals surface area contributed by atoms with Crippen LogP contribution in [0.25, 0.3) is 0 Å². The third-order valence-electron chi connectivity index (χ3n) is 3.48.